The van der Waals surface area contributed by atoms with Crippen molar-refractivity contribution in [2.45, 2.75) is 52.2 Å². The number of nitrogens with zero attached hydrogens (tertiary/aromatic N) is 2. The van der Waals surface area contributed by atoms with Gasteiger partial charge >= 0.3 is 0 Å². The third kappa shape index (κ3) is 5.48. The molecule has 0 unspecified atom stereocenters. The van der Waals surface area contributed by atoms with Crippen LogP contribution in [0.4, 0.5) is 5.69 Å². The van der Waals surface area contributed by atoms with Crippen molar-refractivity contribution in [3.8, 4) is 0 Å². The summed E-state index contributed by atoms with van der Waals surface area (Å²) >= 11 is 0. The molecule has 1 heterocycles. The van der Waals surface area contributed by atoms with Gasteiger partial charge in [-0.05, 0) is 54.5 Å². The van der Waals surface area contributed by atoms with E-state index in [-0.39, 0.29) is 36.9 Å². The Morgan fingerprint density at radius 2 is 1.60 bits per heavy atom. The second-order valence-electron chi connectivity index (χ2n) is 10.5. The molecule has 1 aliphatic heterocycles. The number of carbonyl (C=O) groups is 3. The van der Waals surface area contributed by atoms with Gasteiger partial charge in [-0.25, -0.2) is 0 Å². The molecule has 3 amide bonds. The maximum Gasteiger partial charge on any atom is 0.259 e. The normalized spacial score (nSPS) is 13.8. The van der Waals surface area contributed by atoms with Gasteiger partial charge in [0, 0.05) is 30.0 Å². The Morgan fingerprint density at radius 1 is 0.900 bits per heavy atom. The first-order valence-corrected chi connectivity index (χ1v) is 13.9. The second-order valence-corrected chi connectivity index (χ2v) is 10.5. The molecule has 1 N–H and O–H groups in total. The predicted molar refractivity (Wildman–Crippen MR) is 159 cm³/mol. The maximum atomic E-state index is 14.3. The van der Waals surface area contributed by atoms with Gasteiger partial charge in [-0.2, -0.15) is 0 Å². The molecule has 4 aromatic rings. The van der Waals surface area contributed by atoms with Gasteiger partial charge in [-0.1, -0.05) is 85.8 Å². The molecule has 0 bridgehead atoms. The molecule has 4 aromatic carbocycles. The van der Waals surface area contributed by atoms with E-state index in [9.17, 15) is 14.4 Å². The van der Waals surface area contributed by atoms with Crippen LogP contribution in [-0.2, 0) is 22.6 Å². The monoisotopic (exact) mass is 533 g/mol. The van der Waals surface area contributed by atoms with Crippen molar-refractivity contribution < 1.29 is 14.4 Å². The average molecular weight is 534 g/mol. The fraction of sp³-hybridized carbons (Fsp3) is 0.265. The zero-order chi connectivity index (χ0) is 28.2. The van der Waals surface area contributed by atoms with E-state index in [1.165, 1.54) is 0 Å². The van der Waals surface area contributed by atoms with E-state index in [1.54, 1.807) is 9.80 Å². The van der Waals surface area contributed by atoms with Gasteiger partial charge in [-0.15, -0.1) is 0 Å². The minimum Gasteiger partial charge on any atom is -0.352 e. The van der Waals surface area contributed by atoms with Gasteiger partial charge in [0.2, 0.25) is 11.8 Å². The van der Waals surface area contributed by atoms with Crippen LogP contribution in [0.1, 0.15) is 47.3 Å². The topological polar surface area (TPSA) is 69.7 Å². The first-order valence-electron chi connectivity index (χ1n) is 13.9. The molecule has 204 valence electrons. The molecule has 0 aliphatic carbocycles. The lowest BCUT2D eigenvalue weighted by molar-refractivity contribution is -0.140. The Hall–Kier alpha value is -4.45. The zero-order valence-electron chi connectivity index (χ0n) is 23.3. The van der Waals surface area contributed by atoms with Crippen LogP contribution < -0.4 is 10.2 Å². The first kappa shape index (κ1) is 27.1. The van der Waals surface area contributed by atoms with Crippen LogP contribution in [0.15, 0.2) is 91.0 Å². The second kappa shape index (κ2) is 11.7. The summed E-state index contributed by atoms with van der Waals surface area (Å²) in [5.74, 6) is -0.667. The third-order valence-corrected chi connectivity index (χ3v) is 7.82. The summed E-state index contributed by atoms with van der Waals surface area (Å²) in [5.41, 5.74) is 4.29. The van der Waals surface area contributed by atoms with E-state index < -0.39 is 6.04 Å². The van der Waals surface area contributed by atoms with Gasteiger partial charge < -0.3 is 10.2 Å². The van der Waals surface area contributed by atoms with Crippen LogP contribution in [0.2, 0.25) is 0 Å². The van der Waals surface area contributed by atoms with Crippen molar-refractivity contribution in [2.24, 2.45) is 0 Å². The lowest BCUT2D eigenvalue weighted by Gasteiger charge is -2.34. The number of rotatable bonds is 10. The summed E-state index contributed by atoms with van der Waals surface area (Å²) in [6.07, 6.45) is 1.14. The highest BCUT2D eigenvalue weighted by Gasteiger charge is 2.36. The highest BCUT2D eigenvalue weighted by Crippen LogP contribution is 2.37. The number of hydrogen-bond donors (Lipinski definition) is 1. The van der Waals surface area contributed by atoms with Crippen LogP contribution >= 0.6 is 0 Å². The maximum absolute atomic E-state index is 14.3. The Morgan fingerprint density at radius 3 is 2.33 bits per heavy atom. The van der Waals surface area contributed by atoms with Gasteiger partial charge in [0.25, 0.3) is 5.91 Å². The van der Waals surface area contributed by atoms with Gasteiger partial charge in [0.05, 0.1) is 5.69 Å². The fourth-order valence-corrected chi connectivity index (χ4v) is 5.33. The molecular formula is C34H35N3O3. The van der Waals surface area contributed by atoms with E-state index in [0.29, 0.717) is 12.0 Å². The van der Waals surface area contributed by atoms with E-state index in [0.717, 1.165) is 39.6 Å². The van der Waals surface area contributed by atoms with Crippen LogP contribution in [0.5, 0.6) is 0 Å². The van der Waals surface area contributed by atoms with Gasteiger partial charge in [0.1, 0.15) is 12.6 Å². The summed E-state index contributed by atoms with van der Waals surface area (Å²) in [6.45, 7) is 6.09. The predicted octanol–water partition coefficient (Wildman–Crippen LogP) is 5.66. The fourth-order valence-electron chi connectivity index (χ4n) is 5.33. The standard InChI is InChI=1S/C34H35N3O3/c1-4-24(3)35-33(39)30(20-25-13-6-5-7-14-25)36(21-27-15-9-8-12-23(27)2)31(38)22-37-29-19-11-17-26-16-10-18-28(32(26)29)34(37)40/h5-19,24,30H,4,20-22H2,1-3H3,(H,35,39)/t24-,30-/m0/s1. The summed E-state index contributed by atoms with van der Waals surface area (Å²) < 4.78 is 0. The molecule has 0 fully saturated rings. The summed E-state index contributed by atoms with van der Waals surface area (Å²) in [4.78, 5) is 44.8. The minimum absolute atomic E-state index is 0.0338. The molecule has 1 aliphatic rings. The Kier molecular flexibility index (Phi) is 7.96. The Bertz CT molecular complexity index is 1540. The molecule has 6 nitrogen and oxygen atoms in total. The van der Waals surface area contributed by atoms with Crippen molar-refractivity contribution in [2.75, 3.05) is 11.4 Å². The molecule has 0 spiro atoms. The van der Waals surface area contributed by atoms with E-state index >= 15 is 0 Å². The molecule has 5 rings (SSSR count). The molecule has 0 saturated heterocycles. The van der Waals surface area contributed by atoms with Crippen molar-refractivity contribution in [3.63, 3.8) is 0 Å². The van der Waals surface area contributed by atoms with Crippen LogP contribution in [0.3, 0.4) is 0 Å². The number of nitrogens with one attached hydrogen (secondary N) is 1. The zero-order valence-corrected chi connectivity index (χ0v) is 23.3. The van der Waals surface area contributed by atoms with Gasteiger partial charge in [-0.3, -0.25) is 19.3 Å². The minimum atomic E-state index is -0.751. The van der Waals surface area contributed by atoms with Crippen molar-refractivity contribution in [1.29, 1.82) is 0 Å². The van der Waals surface area contributed by atoms with Crippen LogP contribution in [0.25, 0.3) is 10.8 Å². The number of anilines is 1. The van der Waals surface area contributed by atoms with E-state index in [4.69, 9.17) is 0 Å². The third-order valence-electron chi connectivity index (χ3n) is 7.82. The largest absolute Gasteiger partial charge is 0.352 e. The number of benzene rings is 4. The summed E-state index contributed by atoms with van der Waals surface area (Å²) in [7, 11) is 0. The number of carbonyl (C=O) groups excluding carboxylic acids is 3. The van der Waals surface area contributed by atoms with Crippen molar-refractivity contribution in [3.05, 3.63) is 113 Å². The van der Waals surface area contributed by atoms with Crippen molar-refractivity contribution in [1.82, 2.24) is 10.2 Å². The molecule has 40 heavy (non-hydrogen) atoms. The lowest BCUT2D eigenvalue weighted by atomic mass is 10.0. The molecule has 0 saturated carbocycles. The summed E-state index contributed by atoms with van der Waals surface area (Å²) in [5, 5.41) is 4.93. The number of aryl methyl sites for hydroxylation is 1. The molecule has 6 heteroatoms. The van der Waals surface area contributed by atoms with Gasteiger partial charge in [0.15, 0.2) is 0 Å². The first-order chi connectivity index (χ1) is 19.4. The highest BCUT2D eigenvalue weighted by atomic mass is 16.2. The molecule has 0 aromatic heterocycles. The number of hydrogen-bond acceptors (Lipinski definition) is 3. The number of amides is 3. The Labute approximate surface area is 235 Å². The summed E-state index contributed by atoms with van der Waals surface area (Å²) in [6, 6.07) is 28.3. The SMILES string of the molecule is CC[C@H](C)NC(=O)[C@H](Cc1ccccc1)N(Cc1ccccc1C)C(=O)CN1C(=O)c2cccc3cccc1c23. The highest BCUT2D eigenvalue weighted by molar-refractivity contribution is 6.26. The van der Waals surface area contributed by atoms with E-state index in [2.05, 4.69) is 5.32 Å². The van der Waals surface area contributed by atoms with Crippen LogP contribution in [-0.4, -0.2) is 41.2 Å². The average Bonchev–Trinajstić information content (AvgIpc) is 3.24. The Balaban J connectivity index is 1.52. The quantitative estimate of drug-likeness (QED) is 0.286. The van der Waals surface area contributed by atoms with Crippen LogP contribution in [0, 0.1) is 6.92 Å². The smallest absolute Gasteiger partial charge is 0.259 e. The molecular weight excluding hydrogens is 498 g/mol. The van der Waals surface area contributed by atoms with E-state index in [1.807, 2.05) is 112 Å². The lowest BCUT2D eigenvalue weighted by Crippen LogP contribution is -2.54. The molecule has 2 atom stereocenters. The molecule has 0 radical (unpaired) electrons. The van der Waals surface area contributed by atoms with Crippen molar-refractivity contribution >= 4 is 34.2 Å².